The number of imide groups is 1. The molecule has 5 amide bonds. The highest BCUT2D eigenvalue weighted by atomic mass is 16.2. The number of piperidine rings is 1. The summed E-state index contributed by atoms with van der Waals surface area (Å²) in [6.07, 6.45) is 0.483. The van der Waals surface area contributed by atoms with Crippen LogP contribution < -0.4 is 10.6 Å². The maximum atomic E-state index is 12.7. The topological polar surface area (TPSA) is 116 Å². The van der Waals surface area contributed by atoms with Crippen molar-refractivity contribution in [1.82, 2.24) is 20.4 Å². The average Bonchev–Trinajstić information content (AvgIpc) is 2.97. The third-order valence-electron chi connectivity index (χ3n) is 5.10. The highest BCUT2D eigenvalue weighted by Crippen LogP contribution is 2.28. The van der Waals surface area contributed by atoms with Crippen LogP contribution >= 0.6 is 0 Å². The minimum atomic E-state index is -0.687. The summed E-state index contributed by atoms with van der Waals surface area (Å²) in [5, 5.41) is 4.93. The van der Waals surface area contributed by atoms with Crippen LogP contribution in [0.1, 0.15) is 39.1 Å². The van der Waals surface area contributed by atoms with Gasteiger partial charge in [-0.2, -0.15) is 0 Å². The predicted octanol–water partition coefficient (Wildman–Crippen LogP) is -0.980. The number of piperazine rings is 1. The van der Waals surface area contributed by atoms with E-state index in [-0.39, 0.29) is 43.1 Å². The molecule has 1 aromatic rings. The lowest BCUT2D eigenvalue weighted by molar-refractivity contribution is -0.137. The number of nitrogens with one attached hydrogen (secondary N) is 2. The Morgan fingerprint density at radius 2 is 1.89 bits per heavy atom. The Kier molecular flexibility index (Phi) is 4.14. The molecule has 140 valence electrons. The fourth-order valence-electron chi connectivity index (χ4n) is 3.70. The number of benzene rings is 1. The van der Waals surface area contributed by atoms with Crippen LogP contribution in [0.3, 0.4) is 0 Å². The van der Waals surface area contributed by atoms with Crippen LogP contribution in [0.4, 0.5) is 0 Å². The van der Waals surface area contributed by atoms with Gasteiger partial charge in [0.25, 0.3) is 11.8 Å². The fraction of sp³-hybridized carbons (Fsp3) is 0.389. The first-order valence-electron chi connectivity index (χ1n) is 8.77. The average molecular weight is 370 g/mol. The first-order valence-corrected chi connectivity index (χ1v) is 8.77. The van der Waals surface area contributed by atoms with Crippen LogP contribution in [-0.4, -0.2) is 65.0 Å². The van der Waals surface area contributed by atoms with Crippen molar-refractivity contribution in [1.29, 1.82) is 0 Å². The molecular formula is C18H18N4O5. The van der Waals surface area contributed by atoms with Crippen molar-refractivity contribution in [3.05, 3.63) is 34.9 Å². The van der Waals surface area contributed by atoms with E-state index in [9.17, 15) is 24.0 Å². The molecular weight excluding hydrogens is 352 g/mol. The minimum absolute atomic E-state index is 0.0112. The molecule has 2 N–H and O–H groups in total. The van der Waals surface area contributed by atoms with Gasteiger partial charge in [-0.3, -0.25) is 29.3 Å². The molecule has 4 rings (SSSR count). The Balaban J connectivity index is 1.54. The van der Waals surface area contributed by atoms with Crippen LogP contribution in [0.5, 0.6) is 0 Å². The van der Waals surface area contributed by atoms with Crippen molar-refractivity contribution in [2.45, 2.75) is 25.4 Å². The van der Waals surface area contributed by atoms with Crippen LogP contribution in [0.2, 0.25) is 0 Å². The first-order chi connectivity index (χ1) is 12.9. The molecule has 0 aliphatic carbocycles. The summed E-state index contributed by atoms with van der Waals surface area (Å²) >= 11 is 0. The maximum absolute atomic E-state index is 12.7. The highest BCUT2D eigenvalue weighted by molar-refractivity contribution is 6.06. The van der Waals surface area contributed by atoms with Gasteiger partial charge < -0.3 is 15.1 Å². The Morgan fingerprint density at radius 1 is 1.07 bits per heavy atom. The number of hydrogen-bond donors (Lipinski definition) is 2. The molecule has 0 radical (unpaired) electrons. The zero-order valence-electron chi connectivity index (χ0n) is 14.5. The highest BCUT2D eigenvalue weighted by Gasteiger charge is 2.39. The van der Waals surface area contributed by atoms with Crippen LogP contribution in [0.15, 0.2) is 18.2 Å². The smallest absolute Gasteiger partial charge is 0.255 e. The molecule has 1 atom stereocenters. The quantitative estimate of drug-likeness (QED) is 0.649. The first kappa shape index (κ1) is 17.2. The third kappa shape index (κ3) is 3.05. The number of nitrogens with zero attached hydrogens (tertiary/aromatic N) is 2. The second-order valence-corrected chi connectivity index (χ2v) is 6.85. The summed E-state index contributed by atoms with van der Waals surface area (Å²) in [6, 6.07) is 4.11. The molecule has 9 heteroatoms. The molecule has 2 fully saturated rings. The molecule has 0 spiro atoms. The maximum Gasteiger partial charge on any atom is 0.255 e. The van der Waals surface area contributed by atoms with Gasteiger partial charge in [-0.15, -0.1) is 0 Å². The summed E-state index contributed by atoms with van der Waals surface area (Å²) in [5.41, 5.74) is 1.52. The van der Waals surface area contributed by atoms with E-state index < -0.39 is 11.9 Å². The molecule has 0 aromatic heterocycles. The number of amides is 5. The molecule has 1 aromatic carbocycles. The number of carbonyl (C=O) groups excluding carboxylic acids is 5. The van der Waals surface area contributed by atoms with Crippen molar-refractivity contribution in [3.63, 3.8) is 0 Å². The fourth-order valence-corrected chi connectivity index (χ4v) is 3.70. The summed E-state index contributed by atoms with van der Waals surface area (Å²) < 4.78 is 0. The van der Waals surface area contributed by atoms with Crippen molar-refractivity contribution in [3.8, 4) is 0 Å². The van der Waals surface area contributed by atoms with Gasteiger partial charge >= 0.3 is 0 Å². The molecule has 3 aliphatic rings. The van der Waals surface area contributed by atoms with Gasteiger partial charge in [-0.1, -0.05) is 0 Å². The Labute approximate surface area is 154 Å². The molecule has 3 heterocycles. The lowest BCUT2D eigenvalue weighted by Gasteiger charge is -2.29. The van der Waals surface area contributed by atoms with Crippen molar-refractivity contribution < 1.29 is 24.0 Å². The Morgan fingerprint density at radius 3 is 2.63 bits per heavy atom. The summed E-state index contributed by atoms with van der Waals surface area (Å²) in [5.74, 6) is -1.55. The molecule has 0 bridgehead atoms. The second-order valence-electron chi connectivity index (χ2n) is 6.85. The monoisotopic (exact) mass is 370 g/mol. The van der Waals surface area contributed by atoms with Crippen LogP contribution in [-0.2, 0) is 20.9 Å². The largest absolute Gasteiger partial charge is 0.353 e. The lowest BCUT2D eigenvalue weighted by Crippen LogP contribution is -2.52. The molecule has 2 saturated heterocycles. The van der Waals surface area contributed by atoms with Gasteiger partial charge in [0, 0.05) is 37.2 Å². The van der Waals surface area contributed by atoms with Crippen LogP contribution in [0, 0.1) is 0 Å². The van der Waals surface area contributed by atoms with Gasteiger partial charge in [0.2, 0.25) is 17.7 Å². The molecule has 1 unspecified atom stereocenters. The van der Waals surface area contributed by atoms with Gasteiger partial charge in [0.05, 0.1) is 6.54 Å². The van der Waals surface area contributed by atoms with E-state index in [0.29, 0.717) is 36.2 Å². The SMILES string of the molecule is O=C1CN(C(=O)c2ccc3c(c2)CN(C2CCC(=O)NC2=O)C3=O)CCN1. The molecule has 9 nitrogen and oxygen atoms in total. The van der Waals surface area contributed by atoms with Crippen molar-refractivity contribution >= 4 is 29.5 Å². The van der Waals surface area contributed by atoms with E-state index in [2.05, 4.69) is 10.6 Å². The second kappa shape index (κ2) is 6.49. The zero-order chi connectivity index (χ0) is 19.1. The van der Waals surface area contributed by atoms with E-state index in [1.807, 2.05) is 0 Å². The van der Waals surface area contributed by atoms with E-state index >= 15 is 0 Å². The molecule has 27 heavy (non-hydrogen) atoms. The Bertz CT molecular complexity index is 881. The zero-order valence-corrected chi connectivity index (χ0v) is 14.5. The number of fused-ring (bicyclic) bond motifs is 1. The number of carbonyl (C=O) groups is 5. The summed E-state index contributed by atoms with van der Waals surface area (Å²) in [4.78, 5) is 63.1. The van der Waals surface area contributed by atoms with Gasteiger partial charge in [0.15, 0.2) is 0 Å². The number of rotatable bonds is 2. The van der Waals surface area contributed by atoms with E-state index in [0.717, 1.165) is 0 Å². The van der Waals surface area contributed by atoms with E-state index in [4.69, 9.17) is 0 Å². The standard InChI is InChI=1S/C18H18N4O5/c23-14-4-3-13(16(25)20-14)22-8-11-7-10(1-2-12(11)18(22)27)17(26)21-6-5-19-15(24)9-21/h1-2,7,13H,3-6,8-9H2,(H,19,24)(H,20,23,25). The predicted molar refractivity (Wildman–Crippen MR) is 91.4 cm³/mol. The van der Waals surface area contributed by atoms with Gasteiger partial charge in [0.1, 0.15) is 6.04 Å². The van der Waals surface area contributed by atoms with E-state index in [1.165, 1.54) is 9.80 Å². The lowest BCUT2D eigenvalue weighted by atomic mass is 10.0. The van der Waals surface area contributed by atoms with Gasteiger partial charge in [-0.25, -0.2) is 0 Å². The molecule has 3 aliphatic heterocycles. The summed E-state index contributed by atoms with van der Waals surface area (Å²) in [7, 11) is 0. The molecule has 0 saturated carbocycles. The Hall–Kier alpha value is -3.23. The van der Waals surface area contributed by atoms with E-state index in [1.54, 1.807) is 18.2 Å². The van der Waals surface area contributed by atoms with Crippen LogP contribution in [0.25, 0.3) is 0 Å². The normalized spacial score (nSPS) is 22.4. The van der Waals surface area contributed by atoms with Crippen molar-refractivity contribution in [2.75, 3.05) is 19.6 Å². The van der Waals surface area contributed by atoms with Gasteiger partial charge in [-0.05, 0) is 30.2 Å². The van der Waals surface area contributed by atoms with Crippen molar-refractivity contribution in [2.24, 2.45) is 0 Å². The number of hydrogen-bond acceptors (Lipinski definition) is 5. The minimum Gasteiger partial charge on any atom is -0.353 e. The summed E-state index contributed by atoms with van der Waals surface area (Å²) in [6.45, 7) is 1.07. The third-order valence-corrected chi connectivity index (χ3v) is 5.10.